The van der Waals surface area contributed by atoms with Crippen molar-refractivity contribution in [3.8, 4) is 0 Å². The van der Waals surface area contributed by atoms with Crippen LogP contribution in [0.4, 0.5) is 0 Å². The van der Waals surface area contributed by atoms with Crippen LogP contribution in [0.2, 0.25) is 0 Å². The largest absolute Gasteiger partial charge is 0.480 e. The van der Waals surface area contributed by atoms with E-state index in [0.717, 1.165) is 43.2 Å². The molecule has 3 amide bonds. The van der Waals surface area contributed by atoms with Gasteiger partial charge in [0.05, 0.1) is 6.20 Å². The van der Waals surface area contributed by atoms with Crippen LogP contribution in [0.5, 0.6) is 0 Å². The molecule has 4 aliphatic rings. The molecule has 0 bridgehead atoms. The minimum absolute atomic E-state index is 0.0807. The summed E-state index contributed by atoms with van der Waals surface area (Å²) in [4.78, 5) is 63.5. The van der Waals surface area contributed by atoms with Gasteiger partial charge >= 0.3 is 5.97 Å². The number of hydrogen-bond acceptors (Lipinski definition) is 6. The number of rotatable bonds is 8. The molecule has 0 spiro atoms. The van der Waals surface area contributed by atoms with Crippen molar-refractivity contribution in [3.63, 3.8) is 0 Å². The maximum atomic E-state index is 14.3. The predicted molar refractivity (Wildman–Crippen MR) is 153 cm³/mol. The van der Waals surface area contributed by atoms with Crippen LogP contribution in [0.1, 0.15) is 67.6 Å². The van der Waals surface area contributed by atoms with Gasteiger partial charge in [0, 0.05) is 24.9 Å². The Labute approximate surface area is 245 Å². The van der Waals surface area contributed by atoms with E-state index in [1.54, 1.807) is 0 Å². The second kappa shape index (κ2) is 11.1. The molecule has 1 aromatic carbocycles. The molecule has 2 heterocycles. The molecule has 42 heavy (non-hydrogen) atoms. The molecule has 1 aromatic heterocycles. The second-order valence-electron chi connectivity index (χ2n) is 13.1. The van der Waals surface area contributed by atoms with E-state index < -0.39 is 35.9 Å². The fraction of sp³-hybridized carbons (Fsp3) is 0.562. The summed E-state index contributed by atoms with van der Waals surface area (Å²) in [6, 6.07) is 5.34. The third-order valence-electron chi connectivity index (χ3n) is 10.3. The van der Waals surface area contributed by atoms with E-state index in [-0.39, 0.29) is 40.7 Å². The van der Waals surface area contributed by atoms with Gasteiger partial charge in [-0.15, -0.1) is 0 Å². The molecule has 0 unspecified atom stereocenters. The zero-order chi connectivity index (χ0) is 29.6. The predicted octanol–water partition coefficient (Wildman–Crippen LogP) is 2.62. The molecular formula is C32H39N5O5. The van der Waals surface area contributed by atoms with Gasteiger partial charge in [0.2, 0.25) is 11.8 Å². The van der Waals surface area contributed by atoms with E-state index in [2.05, 4.69) is 34.4 Å². The van der Waals surface area contributed by atoms with Gasteiger partial charge < -0.3 is 20.6 Å². The molecule has 3 fully saturated rings. The lowest BCUT2D eigenvalue weighted by Crippen LogP contribution is -2.60. The summed E-state index contributed by atoms with van der Waals surface area (Å²) in [5, 5.41) is 16.1. The minimum Gasteiger partial charge on any atom is -0.480 e. The highest BCUT2D eigenvalue weighted by Gasteiger charge is 2.70. The molecular weight excluding hydrogens is 534 g/mol. The van der Waals surface area contributed by atoms with E-state index in [0.29, 0.717) is 19.4 Å². The van der Waals surface area contributed by atoms with Crippen LogP contribution >= 0.6 is 0 Å². The van der Waals surface area contributed by atoms with E-state index in [9.17, 15) is 24.3 Å². The number of aromatic nitrogens is 2. The first kappa shape index (κ1) is 28.3. The van der Waals surface area contributed by atoms with Crippen LogP contribution in [0.3, 0.4) is 0 Å². The van der Waals surface area contributed by atoms with Gasteiger partial charge in [-0.2, -0.15) is 0 Å². The summed E-state index contributed by atoms with van der Waals surface area (Å²) in [6.45, 7) is 4.48. The number of nitrogens with one attached hydrogen (secondary N) is 2. The SMILES string of the molecule is CC1(C)[C@@H]2[C@@H](C(=O)O)N(C(=O)[C@@H](NC(=O)[C@@H](NC(=O)c3cnccn3)C3CCCCC3)C3Cc4ccccc4C3)C[C@@H]21. The zero-order valence-electron chi connectivity index (χ0n) is 24.2. The van der Waals surface area contributed by atoms with Crippen molar-refractivity contribution in [3.05, 3.63) is 59.7 Å². The number of carbonyl (C=O) groups is 4. The first-order valence-electron chi connectivity index (χ1n) is 15.1. The van der Waals surface area contributed by atoms with Crippen molar-refractivity contribution in [2.45, 2.75) is 76.9 Å². The topological polar surface area (TPSA) is 142 Å². The number of nitrogens with zero attached hydrogens (tertiary/aromatic N) is 3. The van der Waals surface area contributed by atoms with Gasteiger partial charge in [-0.3, -0.25) is 19.4 Å². The fourth-order valence-electron chi connectivity index (χ4n) is 7.92. The van der Waals surface area contributed by atoms with Gasteiger partial charge in [-0.25, -0.2) is 9.78 Å². The summed E-state index contributed by atoms with van der Waals surface area (Å²) >= 11 is 0. The third kappa shape index (κ3) is 5.16. The number of carboxylic acid groups (broad SMARTS) is 1. The van der Waals surface area contributed by atoms with Crippen LogP contribution in [-0.4, -0.2) is 68.3 Å². The zero-order valence-corrected chi connectivity index (χ0v) is 24.2. The Morgan fingerprint density at radius 2 is 1.64 bits per heavy atom. The average molecular weight is 574 g/mol. The quantitative estimate of drug-likeness (QED) is 0.441. The Balaban J connectivity index is 1.27. The number of hydrogen-bond donors (Lipinski definition) is 3. The maximum Gasteiger partial charge on any atom is 0.326 e. The van der Waals surface area contributed by atoms with Crippen LogP contribution in [0.25, 0.3) is 0 Å². The van der Waals surface area contributed by atoms with Gasteiger partial charge in [0.25, 0.3) is 5.91 Å². The molecule has 3 N–H and O–H groups in total. The summed E-state index contributed by atoms with van der Waals surface area (Å²) in [7, 11) is 0. The summed E-state index contributed by atoms with van der Waals surface area (Å²) in [6.07, 6.45) is 10.1. The first-order valence-corrected chi connectivity index (χ1v) is 15.1. The number of piperidine rings is 1. The molecule has 1 saturated heterocycles. The number of carboxylic acids is 1. The number of amides is 3. The monoisotopic (exact) mass is 573 g/mol. The molecule has 2 aromatic rings. The first-order chi connectivity index (χ1) is 20.2. The minimum atomic E-state index is -1.00. The van der Waals surface area contributed by atoms with E-state index in [4.69, 9.17) is 0 Å². The molecule has 5 atom stereocenters. The molecule has 2 saturated carbocycles. The molecule has 3 aliphatic carbocycles. The number of carbonyl (C=O) groups excluding carboxylic acids is 3. The number of benzene rings is 1. The van der Waals surface area contributed by atoms with Crippen LogP contribution in [0, 0.1) is 29.1 Å². The van der Waals surface area contributed by atoms with Gasteiger partial charge in [0.1, 0.15) is 23.8 Å². The Kier molecular flexibility index (Phi) is 7.49. The fourth-order valence-corrected chi connectivity index (χ4v) is 7.92. The molecule has 1 aliphatic heterocycles. The smallest absolute Gasteiger partial charge is 0.326 e. The number of fused-ring (bicyclic) bond motifs is 2. The Morgan fingerprint density at radius 1 is 0.952 bits per heavy atom. The number of aliphatic carboxylic acids is 1. The lowest BCUT2D eigenvalue weighted by molar-refractivity contribution is -0.152. The van der Waals surface area contributed by atoms with E-state index >= 15 is 0 Å². The molecule has 222 valence electrons. The van der Waals surface area contributed by atoms with Gasteiger partial charge in [0.15, 0.2) is 0 Å². The number of likely N-dealkylation sites (tertiary alicyclic amines) is 1. The van der Waals surface area contributed by atoms with Crippen molar-refractivity contribution >= 4 is 23.7 Å². The van der Waals surface area contributed by atoms with Gasteiger partial charge in [-0.1, -0.05) is 57.4 Å². The highest BCUT2D eigenvalue weighted by Crippen LogP contribution is 2.65. The second-order valence-corrected chi connectivity index (χ2v) is 13.1. The summed E-state index contributed by atoms with van der Waals surface area (Å²) in [5.41, 5.74) is 2.26. The summed E-state index contributed by atoms with van der Waals surface area (Å²) < 4.78 is 0. The van der Waals surface area contributed by atoms with Crippen molar-refractivity contribution in [1.82, 2.24) is 25.5 Å². The molecule has 6 rings (SSSR count). The van der Waals surface area contributed by atoms with Crippen LogP contribution < -0.4 is 10.6 Å². The molecule has 10 heteroatoms. The highest BCUT2D eigenvalue weighted by atomic mass is 16.4. The third-order valence-corrected chi connectivity index (χ3v) is 10.3. The highest BCUT2D eigenvalue weighted by molar-refractivity contribution is 5.98. The van der Waals surface area contributed by atoms with Crippen molar-refractivity contribution in [1.29, 1.82) is 0 Å². The standard InChI is InChI=1S/C32H39N5O5/c1-32(2)22-17-37(27(24(22)32)31(41)42)30(40)26(21-14-19-10-6-7-11-20(19)15-21)36-29(39)25(18-8-4-3-5-9-18)35-28(38)23-16-33-12-13-34-23/h6-7,10-13,16,18,21-22,24-27H,3-5,8-9,14-15,17H2,1-2H3,(H,35,38)(H,36,39)(H,41,42)/t22-,24-,25-,26-,27-/m0/s1. The van der Waals surface area contributed by atoms with E-state index in [1.165, 1.54) is 23.5 Å². The average Bonchev–Trinajstić information content (AvgIpc) is 3.37. The Morgan fingerprint density at radius 3 is 2.26 bits per heavy atom. The normalized spacial score (nSPS) is 26.0. The van der Waals surface area contributed by atoms with Crippen LogP contribution in [0.15, 0.2) is 42.9 Å². The Bertz CT molecular complexity index is 1350. The van der Waals surface area contributed by atoms with Crippen molar-refractivity contribution in [2.75, 3.05) is 6.54 Å². The Hall–Kier alpha value is -3.82. The van der Waals surface area contributed by atoms with Crippen molar-refractivity contribution in [2.24, 2.45) is 29.1 Å². The maximum absolute atomic E-state index is 14.3. The summed E-state index contributed by atoms with van der Waals surface area (Å²) in [5.74, 6) is -2.53. The lowest BCUT2D eigenvalue weighted by Gasteiger charge is -2.35. The lowest BCUT2D eigenvalue weighted by atomic mass is 9.83. The molecule has 10 nitrogen and oxygen atoms in total. The van der Waals surface area contributed by atoms with Gasteiger partial charge in [-0.05, 0) is 60.0 Å². The van der Waals surface area contributed by atoms with Crippen LogP contribution in [-0.2, 0) is 27.2 Å². The van der Waals surface area contributed by atoms with E-state index in [1.807, 2.05) is 24.3 Å². The molecule has 0 radical (unpaired) electrons. The van der Waals surface area contributed by atoms with Crippen molar-refractivity contribution < 1.29 is 24.3 Å².